The number of aryl methyl sites for hydroxylation is 2. The van der Waals surface area contributed by atoms with Crippen LogP contribution in [0.4, 0.5) is 5.69 Å². The summed E-state index contributed by atoms with van der Waals surface area (Å²) in [6.07, 6.45) is 0. The molecule has 0 fully saturated rings. The van der Waals surface area contributed by atoms with E-state index in [1.807, 2.05) is 32.9 Å². The fourth-order valence-electron chi connectivity index (χ4n) is 2.72. The minimum absolute atomic E-state index is 0.204. The van der Waals surface area contributed by atoms with E-state index in [1.165, 1.54) is 0 Å². The number of aromatic nitrogens is 3. The Hall–Kier alpha value is -2.67. The number of hydrogen-bond acceptors (Lipinski definition) is 4. The Morgan fingerprint density at radius 2 is 1.81 bits per heavy atom. The monoisotopic (exact) mass is 370 g/mol. The van der Waals surface area contributed by atoms with Crippen LogP contribution in [-0.4, -0.2) is 23.6 Å². The molecule has 7 heteroatoms. The predicted molar refractivity (Wildman–Crippen MR) is 103 cm³/mol. The number of nitrogens with zero attached hydrogens (tertiary/aromatic N) is 2. The number of sulfonamides is 1. The van der Waals surface area contributed by atoms with Crippen molar-refractivity contribution >= 4 is 15.7 Å². The van der Waals surface area contributed by atoms with Gasteiger partial charge < -0.3 is 0 Å². The van der Waals surface area contributed by atoms with E-state index in [1.54, 1.807) is 37.3 Å². The van der Waals surface area contributed by atoms with E-state index < -0.39 is 10.0 Å². The summed E-state index contributed by atoms with van der Waals surface area (Å²) in [4.78, 5) is 4.73. The Bertz CT molecular complexity index is 1040. The first kappa shape index (κ1) is 18.1. The van der Waals surface area contributed by atoms with E-state index in [0.29, 0.717) is 22.6 Å². The molecule has 0 unspecified atom stereocenters. The number of para-hydroxylation sites is 1. The van der Waals surface area contributed by atoms with Gasteiger partial charge in [-0.05, 0) is 37.6 Å². The highest BCUT2D eigenvalue weighted by Gasteiger charge is 2.20. The number of anilines is 1. The van der Waals surface area contributed by atoms with Crippen molar-refractivity contribution in [3.05, 3.63) is 59.4 Å². The molecule has 0 saturated carbocycles. The first-order valence-corrected chi connectivity index (χ1v) is 9.88. The van der Waals surface area contributed by atoms with Gasteiger partial charge in [0.25, 0.3) is 10.0 Å². The molecule has 26 heavy (non-hydrogen) atoms. The van der Waals surface area contributed by atoms with E-state index in [4.69, 9.17) is 0 Å². The second-order valence-corrected chi connectivity index (χ2v) is 8.27. The number of H-pyrrole nitrogens is 1. The molecule has 2 aromatic carbocycles. The van der Waals surface area contributed by atoms with Gasteiger partial charge in [0.2, 0.25) is 0 Å². The molecule has 0 atom stereocenters. The zero-order valence-corrected chi connectivity index (χ0v) is 16.1. The third-order valence-corrected chi connectivity index (χ3v) is 5.61. The second kappa shape index (κ2) is 6.92. The van der Waals surface area contributed by atoms with Gasteiger partial charge in [0.15, 0.2) is 5.82 Å². The Kier molecular flexibility index (Phi) is 4.82. The van der Waals surface area contributed by atoms with Crippen LogP contribution in [0.3, 0.4) is 0 Å². The van der Waals surface area contributed by atoms with Crippen LogP contribution in [0, 0.1) is 13.8 Å². The van der Waals surface area contributed by atoms with Crippen LogP contribution in [0.5, 0.6) is 0 Å². The normalized spacial score (nSPS) is 11.7. The lowest BCUT2D eigenvalue weighted by atomic mass is 10.1. The number of aromatic amines is 1. The fourth-order valence-corrected chi connectivity index (χ4v) is 4.03. The molecule has 3 aromatic rings. The van der Waals surface area contributed by atoms with Crippen LogP contribution in [0.25, 0.3) is 11.4 Å². The van der Waals surface area contributed by atoms with Crippen LogP contribution in [0.15, 0.2) is 47.4 Å². The smallest absolute Gasteiger partial charge is 0.262 e. The third-order valence-electron chi connectivity index (χ3n) is 4.08. The summed E-state index contributed by atoms with van der Waals surface area (Å²) < 4.78 is 28.4. The fraction of sp³-hybridized carbons (Fsp3) is 0.263. The van der Waals surface area contributed by atoms with E-state index in [2.05, 4.69) is 19.9 Å². The van der Waals surface area contributed by atoms with Crippen molar-refractivity contribution in [2.45, 2.75) is 38.5 Å². The molecule has 0 bridgehead atoms. The van der Waals surface area contributed by atoms with E-state index >= 15 is 0 Å². The maximum Gasteiger partial charge on any atom is 0.262 e. The molecule has 1 heterocycles. The summed E-state index contributed by atoms with van der Waals surface area (Å²) in [6, 6.07) is 12.4. The molecule has 0 saturated heterocycles. The number of nitrogens with one attached hydrogen (secondary N) is 2. The molecule has 1 aromatic heterocycles. The van der Waals surface area contributed by atoms with Gasteiger partial charge in [-0.3, -0.25) is 9.82 Å². The van der Waals surface area contributed by atoms with Crippen LogP contribution >= 0.6 is 0 Å². The first-order chi connectivity index (χ1) is 12.3. The number of hydrogen-bond donors (Lipinski definition) is 2. The van der Waals surface area contributed by atoms with Crippen molar-refractivity contribution in [1.29, 1.82) is 0 Å². The molecule has 136 valence electrons. The summed E-state index contributed by atoms with van der Waals surface area (Å²) in [5, 5.41) is 7.13. The van der Waals surface area contributed by atoms with Crippen molar-refractivity contribution in [3.63, 3.8) is 0 Å². The van der Waals surface area contributed by atoms with Gasteiger partial charge in [0, 0.05) is 11.5 Å². The highest BCUT2D eigenvalue weighted by Crippen LogP contribution is 2.28. The predicted octanol–water partition coefficient (Wildman–Crippen LogP) is 4.01. The average molecular weight is 370 g/mol. The van der Waals surface area contributed by atoms with Crippen molar-refractivity contribution in [1.82, 2.24) is 15.2 Å². The summed E-state index contributed by atoms with van der Waals surface area (Å²) >= 11 is 0. The Morgan fingerprint density at radius 1 is 1.08 bits per heavy atom. The van der Waals surface area contributed by atoms with Gasteiger partial charge in [-0.25, -0.2) is 13.4 Å². The molecule has 3 rings (SSSR count). The SMILES string of the molecule is Cc1ccc(S(=O)(=O)Nc2ccccc2-c2n[nH]c(C(C)C)n2)c(C)c1. The molecule has 6 nitrogen and oxygen atoms in total. The zero-order chi connectivity index (χ0) is 18.9. The Morgan fingerprint density at radius 3 is 2.46 bits per heavy atom. The first-order valence-electron chi connectivity index (χ1n) is 8.39. The molecule has 2 N–H and O–H groups in total. The highest BCUT2D eigenvalue weighted by molar-refractivity contribution is 7.92. The molecule has 0 radical (unpaired) electrons. The Balaban J connectivity index is 2.00. The average Bonchev–Trinajstić information content (AvgIpc) is 3.04. The molecule has 0 amide bonds. The van der Waals surface area contributed by atoms with E-state index in [0.717, 1.165) is 11.4 Å². The standard InChI is InChI=1S/C19H22N4O2S/c1-12(2)18-20-19(22-21-18)15-7-5-6-8-16(15)23-26(24,25)17-10-9-13(3)11-14(17)4/h5-12,23H,1-4H3,(H,20,21,22). The van der Waals surface area contributed by atoms with E-state index in [-0.39, 0.29) is 10.8 Å². The molecular formula is C19H22N4O2S. The van der Waals surface area contributed by atoms with Gasteiger partial charge in [-0.1, -0.05) is 43.7 Å². The lowest BCUT2D eigenvalue weighted by molar-refractivity contribution is 0.600. The van der Waals surface area contributed by atoms with Crippen LogP contribution < -0.4 is 4.72 Å². The maximum absolute atomic E-state index is 12.9. The van der Waals surface area contributed by atoms with Gasteiger partial charge in [0.05, 0.1) is 10.6 Å². The minimum Gasteiger partial charge on any atom is -0.279 e. The maximum atomic E-state index is 12.9. The lowest BCUT2D eigenvalue weighted by Gasteiger charge is -2.13. The molecule has 0 aliphatic rings. The third kappa shape index (κ3) is 3.62. The summed E-state index contributed by atoms with van der Waals surface area (Å²) in [6.45, 7) is 7.75. The summed E-state index contributed by atoms with van der Waals surface area (Å²) in [7, 11) is -3.72. The zero-order valence-electron chi connectivity index (χ0n) is 15.2. The minimum atomic E-state index is -3.72. The van der Waals surface area contributed by atoms with Crippen molar-refractivity contribution in [2.24, 2.45) is 0 Å². The Labute approximate surface area is 153 Å². The molecule has 0 aliphatic heterocycles. The quantitative estimate of drug-likeness (QED) is 0.710. The van der Waals surface area contributed by atoms with Crippen LogP contribution in [0.2, 0.25) is 0 Å². The van der Waals surface area contributed by atoms with Crippen molar-refractivity contribution < 1.29 is 8.42 Å². The van der Waals surface area contributed by atoms with Gasteiger partial charge in [-0.2, -0.15) is 5.10 Å². The molecular weight excluding hydrogens is 348 g/mol. The second-order valence-electron chi connectivity index (χ2n) is 6.62. The van der Waals surface area contributed by atoms with Gasteiger partial charge in [0.1, 0.15) is 5.82 Å². The topological polar surface area (TPSA) is 87.7 Å². The molecule has 0 aliphatic carbocycles. The van der Waals surface area contributed by atoms with Gasteiger partial charge >= 0.3 is 0 Å². The van der Waals surface area contributed by atoms with E-state index in [9.17, 15) is 8.42 Å². The summed E-state index contributed by atoms with van der Waals surface area (Å²) in [5.41, 5.74) is 2.80. The van der Waals surface area contributed by atoms with Crippen LogP contribution in [0.1, 0.15) is 36.7 Å². The van der Waals surface area contributed by atoms with Crippen molar-refractivity contribution in [3.8, 4) is 11.4 Å². The number of benzene rings is 2. The van der Waals surface area contributed by atoms with Crippen LogP contribution in [-0.2, 0) is 10.0 Å². The van der Waals surface area contributed by atoms with Gasteiger partial charge in [-0.15, -0.1) is 0 Å². The summed E-state index contributed by atoms with van der Waals surface area (Å²) in [5.74, 6) is 1.43. The number of rotatable bonds is 5. The van der Waals surface area contributed by atoms with Crippen molar-refractivity contribution in [2.75, 3.05) is 4.72 Å². The lowest BCUT2D eigenvalue weighted by Crippen LogP contribution is -2.15. The largest absolute Gasteiger partial charge is 0.279 e. The molecule has 0 spiro atoms. The highest BCUT2D eigenvalue weighted by atomic mass is 32.2.